The van der Waals surface area contributed by atoms with Crippen molar-refractivity contribution in [3.05, 3.63) is 58.6 Å². The zero-order valence-electron chi connectivity index (χ0n) is 21.3. The Labute approximate surface area is 217 Å². The predicted octanol–water partition coefficient (Wildman–Crippen LogP) is 6.76. The van der Waals surface area contributed by atoms with Crippen LogP contribution in [0.1, 0.15) is 48.5 Å². The maximum atomic E-state index is 13.0. The van der Waals surface area contributed by atoms with Crippen LogP contribution in [-0.2, 0) is 19.1 Å². The van der Waals surface area contributed by atoms with Crippen molar-refractivity contribution in [2.24, 2.45) is 11.8 Å². The summed E-state index contributed by atoms with van der Waals surface area (Å²) in [5.41, 5.74) is -2.45. The summed E-state index contributed by atoms with van der Waals surface area (Å²) in [6, 6.07) is 13.5. The van der Waals surface area contributed by atoms with Gasteiger partial charge in [-0.15, -0.1) is 0 Å². The molecule has 0 aromatic heterocycles. The summed E-state index contributed by atoms with van der Waals surface area (Å²) < 4.78 is 23.0. The summed E-state index contributed by atoms with van der Waals surface area (Å²) in [5.74, 6) is -0.322. The van der Waals surface area contributed by atoms with Gasteiger partial charge in [-0.2, -0.15) is 0 Å². The van der Waals surface area contributed by atoms with E-state index in [1.807, 2.05) is 20.8 Å². The molecule has 192 valence electrons. The number of hydrogen-bond acceptors (Lipinski definition) is 6. The van der Waals surface area contributed by atoms with Crippen molar-refractivity contribution in [2.75, 3.05) is 6.61 Å². The molecule has 0 saturated carbocycles. The van der Waals surface area contributed by atoms with E-state index >= 15 is 0 Å². The second-order valence-corrected chi connectivity index (χ2v) is 10.7. The zero-order chi connectivity index (χ0) is 26.4. The molecule has 0 N–H and O–H groups in total. The second kappa shape index (κ2) is 12.0. The molecule has 0 bridgehead atoms. The minimum absolute atomic E-state index is 0.0164. The normalized spacial score (nSPS) is 13.7. The highest BCUT2D eigenvalue weighted by Crippen LogP contribution is 2.26. The summed E-state index contributed by atoms with van der Waals surface area (Å²) in [5, 5.41) is 1.14. The van der Waals surface area contributed by atoms with Gasteiger partial charge in [-0.25, -0.2) is 9.59 Å². The lowest BCUT2D eigenvalue weighted by Crippen LogP contribution is -2.45. The Morgan fingerprint density at radius 3 is 1.54 bits per heavy atom. The van der Waals surface area contributed by atoms with Crippen LogP contribution >= 0.6 is 23.2 Å². The smallest absolute Gasteiger partial charge is 0.350 e. The van der Waals surface area contributed by atoms with E-state index in [0.717, 1.165) is 0 Å². The fraction of sp³-hybridized carbons (Fsp3) is 0.481. The minimum Gasteiger partial charge on any atom is -0.476 e. The molecule has 2 rings (SSSR count). The molecule has 0 aliphatic carbocycles. The largest absolute Gasteiger partial charge is 0.476 e. The number of ether oxygens (including phenoxy) is 4. The number of hydrogen-bond donors (Lipinski definition) is 0. The second-order valence-electron chi connectivity index (χ2n) is 9.82. The molecule has 0 saturated heterocycles. The van der Waals surface area contributed by atoms with Crippen molar-refractivity contribution in [2.45, 2.75) is 65.8 Å². The van der Waals surface area contributed by atoms with Crippen LogP contribution in [0.15, 0.2) is 48.5 Å². The number of esters is 2. The fourth-order valence-electron chi connectivity index (χ4n) is 3.33. The molecular formula is C27H34Cl2O6. The average Bonchev–Trinajstić information content (AvgIpc) is 2.77. The Morgan fingerprint density at radius 2 is 1.14 bits per heavy atom. The van der Waals surface area contributed by atoms with Crippen molar-refractivity contribution in [1.82, 2.24) is 0 Å². The topological polar surface area (TPSA) is 71.1 Å². The van der Waals surface area contributed by atoms with Crippen LogP contribution in [-0.4, -0.2) is 35.9 Å². The summed E-state index contributed by atoms with van der Waals surface area (Å²) in [4.78, 5) is 25.7. The van der Waals surface area contributed by atoms with Crippen molar-refractivity contribution in [1.29, 1.82) is 0 Å². The quantitative estimate of drug-likeness (QED) is 0.302. The number of carbonyl (C=O) groups excluding carboxylic acids is 2. The lowest BCUT2D eigenvalue weighted by atomic mass is 9.95. The maximum absolute atomic E-state index is 13.0. The van der Waals surface area contributed by atoms with Gasteiger partial charge in [0, 0.05) is 16.0 Å². The lowest BCUT2D eigenvalue weighted by molar-refractivity contribution is -0.174. The molecule has 0 spiro atoms. The highest BCUT2D eigenvalue weighted by Gasteiger charge is 2.37. The van der Waals surface area contributed by atoms with Gasteiger partial charge in [-0.1, -0.05) is 44.0 Å². The molecular weight excluding hydrogens is 491 g/mol. The Hall–Kier alpha value is -2.44. The van der Waals surface area contributed by atoms with Crippen LogP contribution in [0, 0.1) is 11.8 Å². The molecule has 0 fully saturated rings. The third kappa shape index (κ3) is 8.62. The molecule has 35 heavy (non-hydrogen) atoms. The van der Waals surface area contributed by atoms with E-state index < -0.39 is 29.2 Å². The first-order valence-electron chi connectivity index (χ1n) is 11.5. The van der Waals surface area contributed by atoms with E-state index in [1.54, 1.807) is 76.2 Å². The van der Waals surface area contributed by atoms with Crippen molar-refractivity contribution < 1.29 is 28.5 Å². The highest BCUT2D eigenvalue weighted by atomic mass is 35.5. The molecule has 2 aromatic carbocycles. The maximum Gasteiger partial charge on any atom is 0.350 e. The first-order chi connectivity index (χ1) is 16.2. The molecule has 0 aliphatic rings. The van der Waals surface area contributed by atoms with E-state index in [-0.39, 0.29) is 18.4 Å². The van der Waals surface area contributed by atoms with Gasteiger partial charge in [0.2, 0.25) is 0 Å². The van der Waals surface area contributed by atoms with Gasteiger partial charge in [-0.3, -0.25) is 0 Å². The van der Waals surface area contributed by atoms with Crippen LogP contribution in [0.25, 0.3) is 0 Å². The summed E-state index contributed by atoms with van der Waals surface area (Å²) in [7, 11) is 0. The van der Waals surface area contributed by atoms with Gasteiger partial charge >= 0.3 is 11.9 Å². The van der Waals surface area contributed by atoms with Crippen LogP contribution in [0.5, 0.6) is 11.5 Å². The van der Waals surface area contributed by atoms with Gasteiger partial charge in [0.05, 0.1) is 6.61 Å². The van der Waals surface area contributed by atoms with E-state index in [2.05, 4.69) is 0 Å². The SMILES string of the molecule is CC(C)C(OC(=O)C(C)(C)Oc1ccc(Cl)cc1)C(C)COC(=O)C(C)(C)Oc1ccc(Cl)cc1. The molecule has 2 unspecified atom stereocenters. The molecule has 2 atom stereocenters. The number of halogens is 2. The van der Waals surface area contributed by atoms with Gasteiger partial charge in [0.1, 0.15) is 17.6 Å². The van der Waals surface area contributed by atoms with Gasteiger partial charge in [0.15, 0.2) is 11.2 Å². The zero-order valence-corrected chi connectivity index (χ0v) is 22.8. The molecule has 0 heterocycles. The summed E-state index contributed by atoms with van der Waals surface area (Å²) in [6.45, 7) is 12.3. The molecule has 0 radical (unpaired) electrons. The fourth-order valence-corrected chi connectivity index (χ4v) is 3.58. The lowest BCUT2D eigenvalue weighted by Gasteiger charge is -2.32. The van der Waals surface area contributed by atoms with Crippen LogP contribution < -0.4 is 9.47 Å². The minimum atomic E-state index is -1.23. The highest BCUT2D eigenvalue weighted by molar-refractivity contribution is 6.30. The Morgan fingerprint density at radius 1 is 0.743 bits per heavy atom. The predicted molar refractivity (Wildman–Crippen MR) is 137 cm³/mol. The first-order valence-corrected chi connectivity index (χ1v) is 12.2. The summed E-state index contributed by atoms with van der Waals surface area (Å²) >= 11 is 11.8. The van der Waals surface area contributed by atoms with E-state index in [9.17, 15) is 9.59 Å². The number of benzene rings is 2. The van der Waals surface area contributed by atoms with E-state index in [1.165, 1.54) is 0 Å². The van der Waals surface area contributed by atoms with Crippen molar-refractivity contribution in [3.8, 4) is 11.5 Å². The first kappa shape index (κ1) is 28.8. The van der Waals surface area contributed by atoms with Gasteiger partial charge in [0.25, 0.3) is 0 Å². The van der Waals surface area contributed by atoms with Crippen LogP contribution in [0.4, 0.5) is 0 Å². The molecule has 6 nitrogen and oxygen atoms in total. The molecule has 0 aliphatic heterocycles. The third-order valence-corrected chi connectivity index (χ3v) is 5.80. The molecule has 2 aromatic rings. The third-order valence-electron chi connectivity index (χ3n) is 5.29. The van der Waals surface area contributed by atoms with E-state index in [0.29, 0.717) is 21.5 Å². The van der Waals surface area contributed by atoms with Gasteiger partial charge < -0.3 is 18.9 Å². The summed E-state index contributed by atoms with van der Waals surface area (Å²) in [6.07, 6.45) is -0.497. The Bertz CT molecular complexity index is 984. The van der Waals surface area contributed by atoms with Crippen molar-refractivity contribution >= 4 is 35.1 Å². The monoisotopic (exact) mass is 524 g/mol. The molecule has 0 amide bonds. The van der Waals surface area contributed by atoms with E-state index in [4.69, 9.17) is 42.1 Å². The number of carbonyl (C=O) groups is 2. The Balaban J connectivity index is 1.97. The van der Waals surface area contributed by atoms with Crippen molar-refractivity contribution in [3.63, 3.8) is 0 Å². The van der Waals surface area contributed by atoms with Gasteiger partial charge in [-0.05, 0) is 82.1 Å². The van der Waals surface area contributed by atoms with Crippen LogP contribution in [0.3, 0.4) is 0 Å². The molecule has 8 heteroatoms. The number of rotatable bonds is 11. The average molecular weight is 525 g/mol. The standard InChI is InChI=1S/C27H34Cl2O6/c1-17(2)23(33-25(31)27(6,7)35-22-14-10-20(29)11-15-22)18(3)16-32-24(30)26(4,5)34-21-12-8-19(28)9-13-21/h8-15,17-18,23H,16H2,1-7H3. The van der Waals surface area contributed by atoms with Crippen LogP contribution in [0.2, 0.25) is 10.0 Å². The Kier molecular flexibility index (Phi) is 9.87.